The highest BCUT2D eigenvalue weighted by Crippen LogP contribution is 2.44. The van der Waals surface area contributed by atoms with Crippen LogP contribution in [0.5, 0.6) is 0 Å². The molecule has 1 aliphatic carbocycles. The van der Waals surface area contributed by atoms with Crippen molar-refractivity contribution < 1.29 is 9.50 Å². The Morgan fingerprint density at radius 1 is 1.05 bits per heavy atom. The molecule has 2 heteroatoms. The maximum absolute atomic E-state index is 14.4. The van der Waals surface area contributed by atoms with Crippen molar-refractivity contribution in [1.29, 1.82) is 0 Å². The predicted molar refractivity (Wildman–Crippen MR) is 78.4 cm³/mol. The fourth-order valence-corrected chi connectivity index (χ4v) is 3.44. The molecule has 1 unspecified atom stereocenters. The van der Waals surface area contributed by atoms with Crippen LogP contribution < -0.4 is 0 Å². The largest absolute Gasteiger partial charge is 0.380 e. The summed E-state index contributed by atoms with van der Waals surface area (Å²) in [5.74, 6) is -0.306. The molecule has 104 valence electrons. The summed E-state index contributed by atoms with van der Waals surface area (Å²) < 4.78 is 14.4. The van der Waals surface area contributed by atoms with Gasteiger partial charge in [0.25, 0.3) is 0 Å². The second kappa shape index (κ2) is 4.42. The van der Waals surface area contributed by atoms with Crippen molar-refractivity contribution in [2.45, 2.75) is 39.2 Å². The molecule has 0 heterocycles. The Kier molecular flexibility index (Phi) is 2.94. The van der Waals surface area contributed by atoms with Crippen LogP contribution in [0.3, 0.4) is 0 Å². The van der Waals surface area contributed by atoms with Crippen LogP contribution in [-0.4, -0.2) is 5.11 Å². The van der Waals surface area contributed by atoms with Gasteiger partial charge >= 0.3 is 0 Å². The average Bonchev–Trinajstić information content (AvgIpc) is 2.66. The normalized spacial score (nSPS) is 21.1. The highest BCUT2D eigenvalue weighted by molar-refractivity contribution is 5.50. The fourth-order valence-electron chi connectivity index (χ4n) is 3.44. The maximum Gasteiger partial charge on any atom is 0.130 e. The standard InChI is InChI=1S/C18H19FO/c1-11-4-5-14-6-7-18(20,15(14)9-11)17-13(3)8-12(2)10-16(17)19/h4-5,8-10,20H,6-7H2,1-3H3. The van der Waals surface area contributed by atoms with Crippen molar-refractivity contribution in [3.8, 4) is 0 Å². The minimum Gasteiger partial charge on any atom is -0.380 e. The monoisotopic (exact) mass is 270 g/mol. The van der Waals surface area contributed by atoms with E-state index >= 15 is 0 Å². The third-order valence-corrected chi connectivity index (χ3v) is 4.31. The Hall–Kier alpha value is -1.67. The summed E-state index contributed by atoms with van der Waals surface area (Å²) in [7, 11) is 0. The number of hydrogen-bond acceptors (Lipinski definition) is 1. The number of rotatable bonds is 1. The van der Waals surface area contributed by atoms with Gasteiger partial charge in [-0.25, -0.2) is 4.39 Å². The minimum atomic E-state index is -1.19. The molecule has 0 saturated carbocycles. The third-order valence-electron chi connectivity index (χ3n) is 4.31. The zero-order valence-corrected chi connectivity index (χ0v) is 12.1. The van der Waals surface area contributed by atoms with E-state index in [1.807, 2.05) is 45.0 Å². The van der Waals surface area contributed by atoms with E-state index in [9.17, 15) is 9.50 Å². The van der Waals surface area contributed by atoms with E-state index in [1.165, 1.54) is 6.07 Å². The summed E-state index contributed by atoms with van der Waals surface area (Å²) in [4.78, 5) is 0. The molecule has 0 bridgehead atoms. The number of hydrogen-bond donors (Lipinski definition) is 1. The first-order valence-corrected chi connectivity index (χ1v) is 7.01. The van der Waals surface area contributed by atoms with Gasteiger partial charge in [0.2, 0.25) is 0 Å². The summed E-state index contributed by atoms with van der Waals surface area (Å²) in [6.07, 6.45) is 1.34. The molecule has 1 aliphatic rings. The minimum absolute atomic E-state index is 0.306. The van der Waals surface area contributed by atoms with Gasteiger partial charge in [0, 0.05) is 5.56 Å². The fraction of sp³-hybridized carbons (Fsp3) is 0.333. The van der Waals surface area contributed by atoms with Gasteiger partial charge in [-0.1, -0.05) is 29.8 Å². The van der Waals surface area contributed by atoms with Gasteiger partial charge in [0.05, 0.1) is 0 Å². The lowest BCUT2D eigenvalue weighted by Gasteiger charge is -2.27. The number of aryl methyl sites for hydroxylation is 4. The van der Waals surface area contributed by atoms with Crippen LogP contribution in [0.4, 0.5) is 4.39 Å². The van der Waals surface area contributed by atoms with Crippen LogP contribution in [0.2, 0.25) is 0 Å². The highest BCUT2D eigenvalue weighted by Gasteiger charge is 2.41. The van der Waals surface area contributed by atoms with E-state index in [-0.39, 0.29) is 5.82 Å². The summed E-state index contributed by atoms with van der Waals surface area (Å²) >= 11 is 0. The Balaban J connectivity index is 2.24. The van der Waals surface area contributed by atoms with Gasteiger partial charge in [-0.2, -0.15) is 0 Å². The van der Waals surface area contributed by atoms with Gasteiger partial charge in [0.15, 0.2) is 0 Å². The average molecular weight is 270 g/mol. The molecular weight excluding hydrogens is 251 g/mol. The van der Waals surface area contributed by atoms with E-state index in [1.54, 1.807) is 0 Å². The maximum atomic E-state index is 14.4. The zero-order chi connectivity index (χ0) is 14.5. The SMILES string of the molecule is Cc1cc(C)c(C2(O)CCc3ccc(C)cc32)c(F)c1. The van der Waals surface area contributed by atoms with E-state index in [0.29, 0.717) is 12.0 Å². The summed E-state index contributed by atoms with van der Waals surface area (Å²) in [5, 5.41) is 11.2. The van der Waals surface area contributed by atoms with Crippen molar-refractivity contribution in [3.05, 3.63) is 69.5 Å². The van der Waals surface area contributed by atoms with Crippen LogP contribution in [0.15, 0.2) is 30.3 Å². The first-order valence-electron chi connectivity index (χ1n) is 7.01. The van der Waals surface area contributed by atoms with E-state index in [2.05, 4.69) is 0 Å². The molecule has 1 atom stereocenters. The number of benzene rings is 2. The van der Waals surface area contributed by atoms with E-state index in [4.69, 9.17) is 0 Å². The summed E-state index contributed by atoms with van der Waals surface area (Å²) in [6.45, 7) is 5.74. The number of halogens is 1. The van der Waals surface area contributed by atoms with E-state index in [0.717, 1.165) is 34.2 Å². The van der Waals surface area contributed by atoms with Gasteiger partial charge in [-0.3, -0.25) is 0 Å². The molecule has 1 nitrogen and oxygen atoms in total. The van der Waals surface area contributed by atoms with Gasteiger partial charge in [-0.15, -0.1) is 0 Å². The van der Waals surface area contributed by atoms with Gasteiger partial charge < -0.3 is 5.11 Å². The highest BCUT2D eigenvalue weighted by atomic mass is 19.1. The molecule has 3 rings (SSSR count). The molecule has 0 radical (unpaired) electrons. The molecule has 0 fully saturated rings. The molecule has 1 N–H and O–H groups in total. The molecule has 0 amide bonds. The lowest BCUT2D eigenvalue weighted by Crippen LogP contribution is -2.27. The molecule has 0 aromatic heterocycles. The molecule has 0 aliphatic heterocycles. The molecular formula is C18H19FO. The number of aliphatic hydroxyl groups is 1. The van der Waals surface area contributed by atoms with Crippen molar-refractivity contribution in [3.63, 3.8) is 0 Å². The zero-order valence-electron chi connectivity index (χ0n) is 12.1. The second-order valence-electron chi connectivity index (χ2n) is 5.96. The molecule has 2 aromatic rings. The first kappa shape index (κ1) is 13.3. The van der Waals surface area contributed by atoms with Gasteiger partial charge in [-0.05, 0) is 61.9 Å². The summed E-state index contributed by atoms with van der Waals surface area (Å²) in [5.41, 5.74) is 4.03. The Morgan fingerprint density at radius 3 is 2.50 bits per heavy atom. The van der Waals surface area contributed by atoms with Crippen molar-refractivity contribution in [1.82, 2.24) is 0 Å². The van der Waals surface area contributed by atoms with Crippen LogP contribution in [0.1, 0.15) is 39.8 Å². The van der Waals surface area contributed by atoms with Crippen molar-refractivity contribution >= 4 is 0 Å². The molecule has 2 aromatic carbocycles. The second-order valence-corrected chi connectivity index (χ2v) is 5.96. The van der Waals surface area contributed by atoms with Gasteiger partial charge in [0.1, 0.15) is 11.4 Å². The molecule has 20 heavy (non-hydrogen) atoms. The smallest absolute Gasteiger partial charge is 0.130 e. The van der Waals surface area contributed by atoms with Crippen LogP contribution in [0, 0.1) is 26.6 Å². The molecule has 0 spiro atoms. The lowest BCUT2D eigenvalue weighted by atomic mass is 9.83. The first-order chi connectivity index (χ1) is 9.41. The Labute approximate surface area is 119 Å². The molecule has 0 saturated heterocycles. The van der Waals surface area contributed by atoms with E-state index < -0.39 is 5.60 Å². The van der Waals surface area contributed by atoms with Crippen molar-refractivity contribution in [2.75, 3.05) is 0 Å². The summed E-state index contributed by atoms with van der Waals surface area (Å²) in [6, 6.07) is 9.52. The quantitative estimate of drug-likeness (QED) is 0.832. The lowest BCUT2D eigenvalue weighted by molar-refractivity contribution is 0.0781. The van der Waals surface area contributed by atoms with Crippen LogP contribution in [-0.2, 0) is 12.0 Å². The van der Waals surface area contributed by atoms with Crippen molar-refractivity contribution in [2.24, 2.45) is 0 Å². The van der Waals surface area contributed by atoms with Crippen LogP contribution >= 0.6 is 0 Å². The van der Waals surface area contributed by atoms with Crippen LogP contribution in [0.25, 0.3) is 0 Å². The Bertz CT molecular complexity index is 667. The Morgan fingerprint density at radius 2 is 1.80 bits per heavy atom. The predicted octanol–water partition coefficient (Wildman–Crippen LogP) is 3.93. The number of fused-ring (bicyclic) bond motifs is 1. The third kappa shape index (κ3) is 1.87. The topological polar surface area (TPSA) is 20.2 Å².